The number of halogens is 1. The third-order valence-electron chi connectivity index (χ3n) is 3.95. The Bertz CT molecular complexity index is 739. The fourth-order valence-corrected chi connectivity index (χ4v) is 2.67. The first kappa shape index (κ1) is 15.2. The third-order valence-corrected chi connectivity index (χ3v) is 3.95. The predicted molar refractivity (Wildman–Crippen MR) is 81.1 cm³/mol. The Morgan fingerprint density at radius 1 is 1.26 bits per heavy atom. The summed E-state index contributed by atoms with van der Waals surface area (Å²) in [7, 11) is 1.57. The SMILES string of the molecule is CNC(=O)c1cnc2n1CCN(C(=O)Cc1ccc(F)cc1)C2. The number of benzene rings is 1. The second kappa shape index (κ2) is 6.20. The highest BCUT2D eigenvalue weighted by Gasteiger charge is 2.25. The van der Waals surface area contributed by atoms with E-state index in [0.29, 0.717) is 31.2 Å². The molecule has 2 heterocycles. The van der Waals surface area contributed by atoms with E-state index >= 15 is 0 Å². The Kier molecular flexibility index (Phi) is 4.10. The van der Waals surface area contributed by atoms with E-state index < -0.39 is 0 Å². The van der Waals surface area contributed by atoms with Gasteiger partial charge in [0, 0.05) is 20.1 Å². The molecule has 1 aromatic carbocycles. The molecule has 0 fully saturated rings. The van der Waals surface area contributed by atoms with Crippen molar-refractivity contribution < 1.29 is 14.0 Å². The van der Waals surface area contributed by atoms with Gasteiger partial charge < -0.3 is 14.8 Å². The monoisotopic (exact) mass is 316 g/mol. The number of hydrogen-bond acceptors (Lipinski definition) is 3. The number of imidazole rings is 1. The van der Waals surface area contributed by atoms with Gasteiger partial charge in [0.05, 0.1) is 19.2 Å². The molecule has 1 N–H and O–H groups in total. The quantitative estimate of drug-likeness (QED) is 0.917. The minimum Gasteiger partial charge on any atom is -0.354 e. The van der Waals surface area contributed by atoms with Crippen molar-refractivity contribution in [3.63, 3.8) is 0 Å². The van der Waals surface area contributed by atoms with Crippen LogP contribution in [0.5, 0.6) is 0 Å². The van der Waals surface area contributed by atoms with E-state index in [9.17, 15) is 14.0 Å². The number of rotatable bonds is 3. The Balaban J connectivity index is 1.69. The van der Waals surface area contributed by atoms with Gasteiger partial charge in [0.25, 0.3) is 5.91 Å². The van der Waals surface area contributed by atoms with Crippen LogP contribution in [0.4, 0.5) is 4.39 Å². The number of hydrogen-bond donors (Lipinski definition) is 1. The van der Waals surface area contributed by atoms with Crippen molar-refractivity contribution in [2.45, 2.75) is 19.5 Å². The van der Waals surface area contributed by atoms with Crippen molar-refractivity contribution >= 4 is 11.8 Å². The lowest BCUT2D eigenvalue weighted by atomic mass is 10.1. The normalized spacial score (nSPS) is 13.6. The van der Waals surface area contributed by atoms with E-state index in [4.69, 9.17) is 0 Å². The van der Waals surface area contributed by atoms with E-state index in [1.165, 1.54) is 18.3 Å². The highest BCUT2D eigenvalue weighted by Crippen LogP contribution is 2.16. The average molecular weight is 316 g/mol. The Morgan fingerprint density at radius 3 is 2.70 bits per heavy atom. The third kappa shape index (κ3) is 3.08. The molecule has 2 amide bonds. The van der Waals surface area contributed by atoms with Gasteiger partial charge in [-0.15, -0.1) is 0 Å². The molecule has 1 aliphatic heterocycles. The van der Waals surface area contributed by atoms with Crippen LogP contribution in [0, 0.1) is 5.82 Å². The molecule has 0 bridgehead atoms. The molecule has 0 atom stereocenters. The van der Waals surface area contributed by atoms with Gasteiger partial charge in [0.2, 0.25) is 5.91 Å². The van der Waals surface area contributed by atoms with Crippen molar-refractivity contribution in [2.24, 2.45) is 0 Å². The second-order valence-corrected chi connectivity index (χ2v) is 5.41. The zero-order chi connectivity index (χ0) is 16.4. The maximum atomic E-state index is 12.9. The molecule has 0 saturated heterocycles. The molecule has 2 aromatic rings. The first-order valence-electron chi connectivity index (χ1n) is 7.37. The summed E-state index contributed by atoms with van der Waals surface area (Å²) in [6, 6.07) is 5.92. The molecule has 23 heavy (non-hydrogen) atoms. The molecule has 0 radical (unpaired) electrons. The van der Waals surface area contributed by atoms with E-state index in [0.717, 1.165) is 5.56 Å². The van der Waals surface area contributed by atoms with Crippen LogP contribution >= 0.6 is 0 Å². The molecule has 0 aliphatic carbocycles. The number of nitrogens with zero attached hydrogens (tertiary/aromatic N) is 3. The van der Waals surface area contributed by atoms with Gasteiger partial charge in [-0.1, -0.05) is 12.1 Å². The number of carbonyl (C=O) groups excluding carboxylic acids is 2. The summed E-state index contributed by atoms with van der Waals surface area (Å²) >= 11 is 0. The highest BCUT2D eigenvalue weighted by molar-refractivity contribution is 5.92. The van der Waals surface area contributed by atoms with Gasteiger partial charge >= 0.3 is 0 Å². The number of aromatic nitrogens is 2. The van der Waals surface area contributed by atoms with Crippen molar-refractivity contribution in [3.05, 3.63) is 53.4 Å². The van der Waals surface area contributed by atoms with Crippen LogP contribution < -0.4 is 5.32 Å². The van der Waals surface area contributed by atoms with Crippen LogP contribution in [0.1, 0.15) is 21.9 Å². The molecule has 0 unspecified atom stereocenters. The van der Waals surface area contributed by atoms with Crippen LogP contribution in [-0.4, -0.2) is 39.9 Å². The minimum absolute atomic E-state index is 0.0349. The van der Waals surface area contributed by atoms with Crippen LogP contribution in [0.15, 0.2) is 30.5 Å². The zero-order valence-corrected chi connectivity index (χ0v) is 12.8. The van der Waals surface area contributed by atoms with Crippen LogP contribution in [0.3, 0.4) is 0 Å². The molecule has 1 aliphatic rings. The van der Waals surface area contributed by atoms with Gasteiger partial charge in [0.15, 0.2) is 0 Å². The molecule has 0 spiro atoms. The summed E-state index contributed by atoms with van der Waals surface area (Å²) in [5.41, 5.74) is 1.28. The summed E-state index contributed by atoms with van der Waals surface area (Å²) in [5.74, 6) is 0.160. The van der Waals surface area contributed by atoms with Gasteiger partial charge in [-0.3, -0.25) is 9.59 Å². The first-order valence-corrected chi connectivity index (χ1v) is 7.37. The lowest BCUT2D eigenvalue weighted by Crippen LogP contribution is -2.40. The molecule has 0 saturated carbocycles. The number of nitrogens with one attached hydrogen (secondary N) is 1. The second-order valence-electron chi connectivity index (χ2n) is 5.41. The van der Waals surface area contributed by atoms with Crippen molar-refractivity contribution in [3.8, 4) is 0 Å². The van der Waals surface area contributed by atoms with E-state index in [-0.39, 0.29) is 24.1 Å². The number of amides is 2. The molecule has 1 aromatic heterocycles. The largest absolute Gasteiger partial charge is 0.354 e. The Labute approximate surface area is 132 Å². The number of fused-ring (bicyclic) bond motifs is 1. The lowest BCUT2D eigenvalue weighted by molar-refractivity contribution is -0.132. The maximum Gasteiger partial charge on any atom is 0.269 e. The average Bonchev–Trinajstić information content (AvgIpc) is 2.99. The molecule has 6 nitrogen and oxygen atoms in total. The smallest absolute Gasteiger partial charge is 0.269 e. The van der Waals surface area contributed by atoms with Gasteiger partial charge in [-0.05, 0) is 17.7 Å². The molecular weight excluding hydrogens is 299 g/mol. The van der Waals surface area contributed by atoms with E-state index in [2.05, 4.69) is 10.3 Å². The summed E-state index contributed by atoms with van der Waals surface area (Å²) in [6.07, 6.45) is 1.76. The Morgan fingerprint density at radius 2 is 2.00 bits per heavy atom. The van der Waals surface area contributed by atoms with E-state index in [1.807, 2.05) is 4.57 Å². The van der Waals surface area contributed by atoms with Gasteiger partial charge in [0.1, 0.15) is 17.3 Å². The van der Waals surface area contributed by atoms with Gasteiger partial charge in [-0.2, -0.15) is 0 Å². The van der Waals surface area contributed by atoms with Crippen molar-refractivity contribution in [1.29, 1.82) is 0 Å². The minimum atomic E-state index is -0.317. The van der Waals surface area contributed by atoms with E-state index in [1.54, 1.807) is 24.1 Å². The molecule has 3 rings (SSSR count). The number of carbonyl (C=O) groups is 2. The van der Waals surface area contributed by atoms with Crippen molar-refractivity contribution in [1.82, 2.24) is 19.8 Å². The Hall–Kier alpha value is -2.70. The highest BCUT2D eigenvalue weighted by atomic mass is 19.1. The summed E-state index contributed by atoms with van der Waals surface area (Å²) in [5, 5.41) is 2.58. The fourth-order valence-electron chi connectivity index (χ4n) is 2.67. The summed E-state index contributed by atoms with van der Waals surface area (Å²) in [6.45, 7) is 1.43. The summed E-state index contributed by atoms with van der Waals surface area (Å²) < 4.78 is 14.7. The van der Waals surface area contributed by atoms with Crippen LogP contribution in [0.25, 0.3) is 0 Å². The zero-order valence-electron chi connectivity index (χ0n) is 12.8. The van der Waals surface area contributed by atoms with Crippen LogP contribution in [0.2, 0.25) is 0 Å². The predicted octanol–water partition coefficient (Wildman–Crippen LogP) is 0.967. The summed E-state index contributed by atoms with van der Waals surface area (Å²) in [4.78, 5) is 30.1. The van der Waals surface area contributed by atoms with Gasteiger partial charge in [-0.25, -0.2) is 9.37 Å². The first-order chi connectivity index (χ1) is 11.1. The maximum absolute atomic E-state index is 12.9. The fraction of sp³-hybridized carbons (Fsp3) is 0.312. The standard InChI is InChI=1S/C16H17FN4O2/c1-18-16(23)13-9-19-14-10-20(6-7-21(13)14)15(22)8-11-2-4-12(17)5-3-11/h2-5,9H,6-8,10H2,1H3,(H,18,23). The molecule has 7 heteroatoms. The lowest BCUT2D eigenvalue weighted by Gasteiger charge is -2.28. The van der Waals surface area contributed by atoms with Crippen LogP contribution in [-0.2, 0) is 24.3 Å². The van der Waals surface area contributed by atoms with Crippen molar-refractivity contribution in [2.75, 3.05) is 13.6 Å². The topological polar surface area (TPSA) is 67.2 Å². The molecule has 120 valence electrons. The molecular formula is C16H17FN4O2.